The van der Waals surface area contributed by atoms with Crippen LogP contribution >= 0.6 is 0 Å². The Hall–Kier alpha value is -4.44. The predicted molar refractivity (Wildman–Crippen MR) is 137 cm³/mol. The first-order valence-corrected chi connectivity index (χ1v) is 11.5. The number of pyridine rings is 1. The van der Waals surface area contributed by atoms with Crippen molar-refractivity contribution in [3.05, 3.63) is 115 Å². The molecule has 6 aromatic rings. The molecule has 0 bridgehead atoms. The van der Waals surface area contributed by atoms with Gasteiger partial charge in [0.15, 0.2) is 6.20 Å². The number of rotatable bonds is 4. The number of aryl methyl sites for hydroxylation is 2. The fourth-order valence-electron chi connectivity index (χ4n) is 4.69. The molecular formula is C31H23FNO2+. The minimum absolute atomic E-state index is 0.336. The average Bonchev–Trinajstić information content (AvgIpc) is 3.24. The minimum Gasteiger partial charge on any atom is -0.457 e. The van der Waals surface area contributed by atoms with Gasteiger partial charge in [-0.05, 0) is 60.5 Å². The SMILES string of the molecule is Cc1ccc2c(oc3c(-c4cccc(Oc5ccccc5)c4)c(F)ccc32)c1-c1cccc[n+]1C. The van der Waals surface area contributed by atoms with Crippen molar-refractivity contribution in [3.8, 4) is 33.9 Å². The molecule has 0 saturated carbocycles. The quantitative estimate of drug-likeness (QED) is 0.249. The normalized spacial score (nSPS) is 11.3. The molecule has 0 N–H and O–H groups in total. The Balaban J connectivity index is 1.57. The van der Waals surface area contributed by atoms with Crippen molar-refractivity contribution < 1.29 is 18.1 Å². The molecule has 0 fully saturated rings. The summed E-state index contributed by atoms with van der Waals surface area (Å²) < 4.78 is 29.9. The molecule has 170 valence electrons. The van der Waals surface area contributed by atoms with Crippen molar-refractivity contribution in [2.45, 2.75) is 6.92 Å². The second kappa shape index (κ2) is 8.41. The van der Waals surface area contributed by atoms with Gasteiger partial charge in [-0.3, -0.25) is 0 Å². The Bertz CT molecular complexity index is 1700. The Labute approximate surface area is 202 Å². The monoisotopic (exact) mass is 460 g/mol. The van der Waals surface area contributed by atoms with E-state index in [-0.39, 0.29) is 5.82 Å². The summed E-state index contributed by atoms with van der Waals surface area (Å²) in [4.78, 5) is 0. The van der Waals surface area contributed by atoms with Gasteiger partial charge in [-0.15, -0.1) is 0 Å². The average molecular weight is 461 g/mol. The van der Waals surface area contributed by atoms with E-state index in [9.17, 15) is 0 Å². The largest absolute Gasteiger partial charge is 0.457 e. The van der Waals surface area contributed by atoms with Crippen molar-refractivity contribution >= 4 is 21.9 Å². The molecule has 3 nitrogen and oxygen atoms in total. The van der Waals surface area contributed by atoms with Crippen LogP contribution in [0, 0.1) is 12.7 Å². The molecule has 0 atom stereocenters. The summed E-state index contributed by atoms with van der Waals surface area (Å²) in [5, 5.41) is 1.84. The Kier molecular flexibility index (Phi) is 5.07. The van der Waals surface area contributed by atoms with Crippen molar-refractivity contribution in [2.75, 3.05) is 0 Å². The summed E-state index contributed by atoms with van der Waals surface area (Å²) in [6.45, 7) is 2.07. The summed E-state index contributed by atoms with van der Waals surface area (Å²) in [5.74, 6) is 1.02. The zero-order valence-electron chi connectivity index (χ0n) is 19.5. The number of nitrogens with zero attached hydrogens (tertiary/aromatic N) is 1. The van der Waals surface area contributed by atoms with E-state index >= 15 is 4.39 Å². The highest BCUT2D eigenvalue weighted by Crippen LogP contribution is 2.42. The lowest BCUT2D eigenvalue weighted by Gasteiger charge is -2.09. The van der Waals surface area contributed by atoms with Gasteiger partial charge in [-0.1, -0.05) is 42.5 Å². The highest BCUT2D eigenvalue weighted by molar-refractivity contribution is 6.13. The molecule has 0 amide bonds. The van der Waals surface area contributed by atoms with Crippen LogP contribution in [0.15, 0.2) is 108 Å². The summed E-state index contributed by atoms with van der Waals surface area (Å²) in [7, 11) is 2.01. The highest BCUT2D eigenvalue weighted by atomic mass is 19.1. The van der Waals surface area contributed by atoms with Crippen LogP contribution in [-0.2, 0) is 7.05 Å². The number of fused-ring (bicyclic) bond motifs is 3. The number of hydrogen-bond donors (Lipinski definition) is 0. The first-order chi connectivity index (χ1) is 17.1. The Morgan fingerprint density at radius 2 is 1.43 bits per heavy atom. The van der Waals surface area contributed by atoms with Crippen LogP contribution in [0.3, 0.4) is 0 Å². The Morgan fingerprint density at radius 3 is 2.23 bits per heavy atom. The maximum atomic E-state index is 15.4. The molecule has 2 heterocycles. The summed E-state index contributed by atoms with van der Waals surface area (Å²) >= 11 is 0. The third-order valence-electron chi connectivity index (χ3n) is 6.38. The van der Waals surface area contributed by atoms with Gasteiger partial charge in [0.1, 0.15) is 35.5 Å². The number of furan rings is 1. The van der Waals surface area contributed by atoms with Crippen LogP contribution in [0.5, 0.6) is 11.5 Å². The zero-order chi connectivity index (χ0) is 23.9. The van der Waals surface area contributed by atoms with Gasteiger partial charge in [0.05, 0.1) is 11.1 Å². The van der Waals surface area contributed by atoms with Crippen LogP contribution in [0.1, 0.15) is 5.56 Å². The van der Waals surface area contributed by atoms with Crippen molar-refractivity contribution in [3.63, 3.8) is 0 Å². The van der Waals surface area contributed by atoms with E-state index < -0.39 is 0 Å². The molecule has 6 rings (SSSR count). The highest BCUT2D eigenvalue weighted by Gasteiger charge is 2.23. The van der Waals surface area contributed by atoms with E-state index in [1.165, 1.54) is 6.07 Å². The molecule has 0 aliphatic heterocycles. The lowest BCUT2D eigenvalue weighted by atomic mass is 9.98. The van der Waals surface area contributed by atoms with Crippen LogP contribution in [0.4, 0.5) is 4.39 Å². The number of benzene rings is 4. The number of halogens is 1. The minimum atomic E-state index is -0.336. The first-order valence-electron chi connectivity index (χ1n) is 11.5. The molecule has 0 spiro atoms. The van der Waals surface area contributed by atoms with Gasteiger partial charge in [0.25, 0.3) is 0 Å². The number of aromatic nitrogens is 1. The lowest BCUT2D eigenvalue weighted by molar-refractivity contribution is -0.660. The Morgan fingerprint density at radius 1 is 0.714 bits per heavy atom. The fraction of sp³-hybridized carbons (Fsp3) is 0.0645. The van der Waals surface area contributed by atoms with Crippen molar-refractivity contribution in [1.29, 1.82) is 0 Å². The third kappa shape index (κ3) is 3.64. The molecule has 4 heteroatoms. The number of ether oxygens (including phenoxy) is 1. The topological polar surface area (TPSA) is 26.2 Å². The van der Waals surface area contributed by atoms with Crippen LogP contribution in [0.25, 0.3) is 44.3 Å². The van der Waals surface area contributed by atoms with E-state index in [0.29, 0.717) is 22.5 Å². The number of hydrogen-bond acceptors (Lipinski definition) is 2. The maximum absolute atomic E-state index is 15.4. The van der Waals surface area contributed by atoms with Gasteiger partial charge in [-0.25, -0.2) is 8.96 Å². The second-order valence-corrected chi connectivity index (χ2v) is 8.68. The summed E-state index contributed by atoms with van der Waals surface area (Å²) in [5.41, 5.74) is 5.55. The van der Waals surface area contributed by atoms with Gasteiger partial charge in [0.2, 0.25) is 5.69 Å². The van der Waals surface area contributed by atoms with Crippen LogP contribution in [0.2, 0.25) is 0 Å². The molecule has 0 saturated heterocycles. The lowest BCUT2D eigenvalue weighted by Crippen LogP contribution is -2.30. The van der Waals surface area contributed by atoms with Gasteiger partial charge >= 0.3 is 0 Å². The molecular weight excluding hydrogens is 437 g/mol. The van der Waals surface area contributed by atoms with Crippen LogP contribution in [-0.4, -0.2) is 0 Å². The van der Waals surface area contributed by atoms with Crippen molar-refractivity contribution in [2.24, 2.45) is 7.05 Å². The smallest absolute Gasteiger partial charge is 0.216 e. The predicted octanol–water partition coefficient (Wildman–Crippen LogP) is 7.98. The van der Waals surface area contributed by atoms with Gasteiger partial charge in [-0.2, -0.15) is 0 Å². The number of para-hydroxylation sites is 1. The summed E-state index contributed by atoms with van der Waals surface area (Å²) in [6, 6.07) is 30.6. The molecule has 4 aromatic carbocycles. The molecule has 0 radical (unpaired) electrons. The first kappa shape index (κ1) is 21.1. The van der Waals surface area contributed by atoms with Gasteiger partial charge < -0.3 is 9.15 Å². The van der Waals surface area contributed by atoms with Crippen molar-refractivity contribution in [1.82, 2.24) is 0 Å². The molecule has 0 aliphatic carbocycles. The molecule has 0 aliphatic rings. The van der Waals surface area contributed by atoms with Crippen LogP contribution < -0.4 is 9.30 Å². The molecule has 35 heavy (non-hydrogen) atoms. The van der Waals surface area contributed by atoms with E-state index in [1.807, 2.05) is 80.0 Å². The fourth-order valence-corrected chi connectivity index (χ4v) is 4.69. The van der Waals surface area contributed by atoms with E-state index in [1.54, 1.807) is 6.07 Å². The maximum Gasteiger partial charge on any atom is 0.216 e. The molecule has 0 unspecified atom stereocenters. The van der Waals surface area contributed by atoms with E-state index in [2.05, 4.69) is 29.7 Å². The molecule has 2 aromatic heterocycles. The van der Waals surface area contributed by atoms with E-state index in [0.717, 1.165) is 38.9 Å². The second-order valence-electron chi connectivity index (χ2n) is 8.68. The van der Waals surface area contributed by atoms with Gasteiger partial charge in [0, 0.05) is 22.9 Å². The van der Waals surface area contributed by atoms with E-state index in [4.69, 9.17) is 9.15 Å². The standard InChI is InChI=1S/C31H23FNO2/c1-20-14-15-24-25-16-17-26(32)29(21-9-8-12-23(19-21)34-22-10-4-3-5-11-22)31(25)35-30(24)28(20)27-13-6-7-18-33(27)2/h3-19H,1-2H3/q+1. The zero-order valence-corrected chi connectivity index (χ0v) is 19.5. The summed E-state index contributed by atoms with van der Waals surface area (Å²) in [6.07, 6.45) is 2.01. The third-order valence-corrected chi connectivity index (χ3v) is 6.38.